The number of halogens is 1. The van der Waals surface area contributed by atoms with E-state index in [1.54, 1.807) is 18.3 Å². The highest BCUT2D eigenvalue weighted by molar-refractivity contribution is 7.98. The Morgan fingerprint density at radius 2 is 2.00 bits per heavy atom. The predicted octanol–water partition coefficient (Wildman–Crippen LogP) is 3.67. The molecule has 6 rings (SSSR count). The Hall–Kier alpha value is -2.92. The lowest BCUT2D eigenvalue weighted by atomic mass is 9.76. The van der Waals surface area contributed by atoms with E-state index < -0.39 is 5.41 Å². The van der Waals surface area contributed by atoms with Crippen LogP contribution in [0.25, 0.3) is 0 Å². The molecule has 2 saturated heterocycles. The molecule has 1 aromatic heterocycles. The first kappa shape index (κ1) is 27.6. The lowest BCUT2D eigenvalue weighted by Gasteiger charge is -2.40. The zero-order chi connectivity index (χ0) is 27.4. The molecule has 2 amide bonds. The van der Waals surface area contributed by atoms with Crippen LogP contribution in [0, 0.1) is 11.2 Å². The van der Waals surface area contributed by atoms with Gasteiger partial charge in [0, 0.05) is 50.5 Å². The van der Waals surface area contributed by atoms with Crippen LogP contribution in [0.4, 0.5) is 15.9 Å². The summed E-state index contributed by atoms with van der Waals surface area (Å²) in [5.74, 6) is 0.434. The van der Waals surface area contributed by atoms with Gasteiger partial charge in [0.05, 0.1) is 0 Å². The van der Waals surface area contributed by atoms with Crippen LogP contribution in [0.3, 0.4) is 0 Å². The van der Waals surface area contributed by atoms with Gasteiger partial charge in [-0.3, -0.25) is 19.4 Å². The van der Waals surface area contributed by atoms with Crippen molar-refractivity contribution < 1.29 is 20.1 Å². The molecule has 2 aromatic rings. The fraction of sp³-hybridized carbons (Fsp3) is 0.571. The predicted molar refractivity (Wildman–Crippen MR) is 151 cm³/mol. The smallest absolute Gasteiger partial charge is 0.244 e. The number of aromatic nitrogens is 2. The van der Waals surface area contributed by atoms with E-state index in [0.29, 0.717) is 36.8 Å². The largest absolute Gasteiger partial charge is 0.489 e. The highest BCUT2D eigenvalue weighted by Gasteiger charge is 2.56. The Balaban J connectivity index is 0.000000192. The highest BCUT2D eigenvalue weighted by atomic mass is 32.2. The normalized spacial score (nSPS) is 23.1. The van der Waals surface area contributed by atoms with E-state index in [2.05, 4.69) is 20.2 Å². The fourth-order valence-corrected chi connectivity index (χ4v) is 6.35. The van der Waals surface area contributed by atoms with E-state index in [0.717, 1.165) is 56.7 Å². The van der Waals surface area contributed by atoms with Crippen molar-refractivity contribution in [3.8, 4) is 5.75 Å². The lowest BCUT2D eigenvalue weighted by Crippen LogP contribution is -2.56. The molecule has 1 spiro atoms. The molecular weight excluding hydrogens is 519 g/mol. The third-order valence-electron chi connectivity index (χ3n) is 8.13. The first-order chi connectivity index (χ1) is 18.9. The van der Waals surface area contributed by atoms with E-state index in [4.69, 9.17) is 10.5 Å². The number of carbonyl (C=O) groups is 2. The van der Waals surface area contributed by atoms with Gasteiger partial charge in [0.15, 0.2) is 16.7 Å². The van der Waals surface area contributed by atoms with Crippen LogP contribution >= 0.6 is 11.8 Å². The van der Waals surface area contributed by atoms with E-state index in [1.807, 2.05) is 11.2 Å². The van der Waals surface area contributed by atoms with Gasteiger partial charge in [0.1, 0.15) is 17.8 Å². The third kappa shape index (κ3) is 5.84. The standard InChI is InChI=1S/C16H20N4O2S.C12H17FN2O.H2/c1-23-15-18-9-10-8-16(6-7-17-13(16)21)14(22)20(12(10)19-15)11-4-2-3-5-11;13-11-9-10(14)3-4-12(11)16-8-7-15-5-1-2-6-15;/h9,11H,2-8H2,1H3,(H,17,21);3-4,9H,1-2,5-8,14H2;1H. The molecule has 1 saturated carbocycles. The van der Waals surface area contributed by atoms with Gasteiger partial charge in [-0.05, 0) is 63.6 Å². The van der Waals surface area contributed by atoms with Crippen molar-refractivity contribution in [2.24, 2.45) is 5.41 Å². The minimum absolute atomic E-state index is 0. The topological polar surface area (TPSA) is 114 Å². The average Bonchev–Trinajstić information content (AvgIpc) is 3.71. The minimum Gasteiger partial charge on any atom is -0.489 e. The number of hydrogen-bond donors (Lipinski definition) is 2. The van der Waals surface area contributed by atoms with Crippen molar-refractivity contribution in [3.05, 3.63) is 35.8 Å². The third-order valence-corrected chi connectivity index (χ3v) is 8.69. The maximum atomic E-state index is 13.3. The molecule has 1 unspecified atom stereocenters. The van der Waals surface area contributed by atoms with E-state index in [9.17, 15) is 14.0 Å². The van der Waals surface area contributed by atoms with Crippen molar-refractivity contribution in [2.75, 3.05) is 49.7 Å². The molecule has 3 N–H and O–H groups in total. The van der Waals surface area contributed by atoms with Gasteiger partial charge >= 0.3 is 0 Å². The molecule has 9 nitrogen and oxygen atoms in total. The molecule has 1 aromatic carbocycles. The second-order valence-corrected chi connectivity index (χ2v) is 11.4. The van der Waals surface area contributed by atoms with Crippen LogP contribution in [0.2, 0.25) is 0 Å². The first-order valence-electron chi connectivity index (χ1n) is 13.8. The summed E-state index contributed by atoms with van der Waals surface area (Å²) in [5.41, 5.74) is 5.85. The summed E-state index contributed by atoms with van der Waals surface area (Å²) in [5, 5.41) is 3.52. The molecular formula is C28H39FN6O3S. The maximum Gasteiger partial charge on any atom is 0.244 e. The number of nitrogens with one attached hydrogen (secondary N) is 1. The van der Waals surface area contributed by atoms with Gasteiger partial charge in [-0.1, -0.05) is 24.6 Å². The molecule has 4 aliphatic rings. The highest BCUT2D eigenvalue weighted by Crippen LogP contribution is 2.44. The van der Waals surface area contributed by atoms with Gasteiger partial charge in [-0.25, -0.2) is 14.4 Å². The van der Waals surface area contributed by atoms with Crippen LogP contribution in [0.15, 0.2) is 29.6 Å². The Morgan fingerprint density at radius 1 is 1.23 bits per heavy atom. The molecule has 11 heteroatoms. The van der Waals surface area contributed by atoms with E-state index in [-0.39, 0.29) is 30.8 Å². The molecule has 212 valence electrons. The van der Waals surface area contributed by atoms with Crippen molar-refractivity contribution in [3.63, 3.8) is 0 Å². The number of anilines is 2. The van der Waals surface area contributed by atoms with Crippen LogP contribution in [0.1, 0.15) is 51.9 Å². The molecule has 4 heterocycles. The van der Waals surface area contributed by atoms with Crippen molar-refractivity contribution in [2.45, 2.75) is 62.6 Å². The van der Waals surface area contributed by atoms with E-state index in [1.165, 1.54) is 30.7 Å². The number of benzene rings is 1. The maximum absolute atomic E-state index is 13.3. The molecule has 3 fully saturated rings. The average molecular weight is 559 g/mol. The number of nitrogens with zero attached hydrogens (tertiary/aromatic N) is 4. The van der Waals surface area contributed by atoms with Gasteiger partial charge in [-0.2, -0.15) is 0 Å². The number of likely N-dealkylation sites (tertiary alicyclic amines) is 1. The molecule has 1 atom stereocenters. The summed E-state index contributed by atoms with van der Waals surface area (Å²) < 4.78 is 18.7. The number of amides is 2. The number of fused-ring (bicyclic) bond motifs is 1. The first-order valence-corrected chi connectivity index (χ1v) is 15.1. The molecule has 0 radical (unpaired) electrons. The van der Waals surface area contributed by atoms with Gasteiger partial charge in [0.25, 0.3) is 0 Å². The number of hydrogen-bond acceptors (Lipinski definition) is 8. The van der Waals surface area contributed by atoms with Gasteiger partial charge < -0.3 is 15.8 Å². The summed E-state index contributed by atoms with van der Waals surface area (Å²) in [6.45, 7) is 4.23. The van der Waals surface area contributed by atoms with Crippen LogP contribution in [0.5, 0.6) is 5.75 Å². The Morgan fingerprint density at radius 3 is 2.67 bits per heavy atom. The number of thioether (sulfide) groups is 1. The van der Waals surface area contributed by atoms with Crippen molar-refractivity contribution in [1.82, 2.24) is 20.2 Å². The number of rotatable bonds is 6. The number of ether oxygens (including phenoxy) is 1. The quantitative estimate of drug-likeness (QED) is 0.239. The summed E-state index contributed by atoms with van der Waals surface area (Å²) in [6, 6.07) is 4.67. The molecule has 3 aliphatic heterocycles. The van der Waals surface area contributed by atoms with Crippen molar-refractivity contribution >= 4 is 35.1 Å². The van der Waals surface area contributed by atoms with Gasteiger partial charge in [0.2, 0.25) is 11.8 Å². The summed E-state index contributed by atoms with van der Waals surface area (Å²) in [4.78, 5) is 38.9. The Kier molecular flexibility index (Phi) is 8.56. The van der Waals surface area contributed by atoms with Crippen LogP contribution in [-0.4, -0.2) is 71.8 Å². The second kappa shape index (κ2) is 12.1. The molecule has 0 bridgehead atoms. The minimum atomic E-state index is -0.945. The van der Waals surface area contributed by atoms with Crippen LogP contribution < -0.4 is 20.7 Å². The van der Waals surface area contributed by atoms with Crippen LogP contribution in [-0.2, 0) is 16.0 Å². The Bertz CT molecular complexity index is 1210. The zero-order valence-corrected chi connectivity index (χ0v) is 23.3. The van der Waals surface area contributed by atoms with Gasteiger partial charge in [-0.15, -0.1) is 0 Å². The van der Waals surface area contributed by atoms with E-state index >= 15 is 0 Å². The number of carbonyl (C=O) groups excluding carboxylic acids is 2. The zero-order valence-electron chi connectivity index (χ0n) is 22.5. The Labute approximate surface area is 234 Å². The second-order valence-electron chi connectivity index (χ2n) is 10.7. The summed E-state index contributed by atoms with van der Waals surface area (Å²) in [7, 11) is 0. The monoisotopic (exact) mass is 558 g/mol. The lowest BCUT2D eigenvalue weighted by molar-refractivity contribution is -0.140. The SMILES string of the molecule is CSc1ncc2c(n1)N(C1CCCC1)C(=O)C1(CCNC1=O)C2.Nc1ccc(OCCN2CCCC2)c(F)c1.[HH]. The summed E-state index contributed by atoms with van der Waals surface area (Å²) in [6.07, 6.45) is 11.5. The fourth-order valence-electron chi connectivity index (χ4n) is 6.01. The number of nitrogens with two attached hydrogens (primary N) is 1. The number of nitrogen functional groups attached to an aromatic ring is 1. The molecule has 1 aliphatic carbocycles. The molecule has 39 heavy (non-hydrogen) atoms. The van der Waals surface area contributed by atoms with Crippen molar-refractivity contribution in [1.29, 1.82) is 0 Å². The summed E-state index contributed by atoms with van der Waals surface area (Å²) >= 11 is 1.47.